The van der Waals surface area contributed by atoms with Crippen LogP contribution in [0, 0.1) is 5.92 Å². The third kappa shape index (κ3) is 3.97. The smallest absolute Gasteiger partial charge is 0.0482 e. The molecule has 0 aromatic heterocycles. The van der Waals surface area contributed by atoms with Gasteiger partial charge in [0, 0.05) is 22.1 Å². The lowest BCUT2D eigenvalue weighted by molar-refractivity contribution is 0.206. The Labute approximate surface area is 135 Å². The molecule has 0 bridgehead atoms. The molecule has 1 aliphatic rings. The minimum Gasteiger partial charge on any atom is -0.329 e. The van der Waals surface area contributed by atoms with Gasteiger partial charge in [-0.15, -0.1) is 0 Å². The van der Waals surface area contributed by atoms with Crippen molar-refractivity contribution in [2.24, 2.45) is 11.7 Å². The fourth-order valence-electron chi connectivity index (χ4n) is 3.15. The average Bonchev–Trinajstić information content (AvgIpc) is 2.69. The first-order valence-electron chi connectivity index (χ1n) is 7.54. The predicted molar refractivity (Wildman–Crippen MR) is 90.2 cm³/mol. The molecule has 0 saturated carbocycles. The van der Waals surface area contributed by atoms with Gasteiger partial charge < -0.3 is 5.73 Å². The normalized spacial score (nSPS) is 22.5. The summed E-state index contributed by atoms with van der Waals surface area (Å²) in [5, 5.41) is 0.780. The zero-order chi connectivity index (χ0) is 14.5. The van der Waals surface area contributed by atoms with Crippen molar-refractivity contribution in [3.05, 3.63) is 33.3 Å². The maximum Gasteiger partial charge on any atom is 0.0482 e. The van der Waals surface area contributed by atoms with Crippen LogP contribution in [0.3, 0.4) is 0 Å². The maximum atomic E-state index is 6.15. The van der Waals surface area contributed by atoms with Crippen LogP contribution in [0.4, 0.5) is 0 Å². The summed E-state index contributed by atoms with van der Waals surface area (Å²) < 4.78 is 1.11. The molecule has 4 heteroatoms. The molecule has 1 aromatic rings. The summed E-state index contributed by atoms with van der Waals surface area (Å²) in [6.45, 7) is 5.21. The zero-order valence-electron chi connectivity index (χ0n) is 12.1. The number of rotatable bonds is 4. The highest BCUT2D eigenvalue weighted by Crippen LogP contribution is 2.32. The number of nitrogens with zero attached hydrogens (tertiary/aromatic N) is 1. The summed E-state index contributed by atoms with van der Waals surface area (Å²) >= 11 is 9.80. The van der Waals surface area contributed by atoms with Gasteiger partial charge in [0.15, 0.2) is 0 Å². The predicted octanol–water partition coefficient (Wildman–Crippen LogP) is 4.61. The molecule has 1 fully saturated rings. The van der Waals surface area contributed by atoms with Crippen LogP contribution in [0.25, 0.3) is 0 Å². The Bertz CT molecular complexity index is 438. The Morgan fingerprint density at radius 2 is 2.20 bits per heavy atom. The van der Waals surface area contributed by atoms with E-state index in [0.717, 1.165) is 28.5 Å². The Balaban J connectivity index is 2.17. The van der Waals surface area contributed by atoms with Crippen molar-refractivity contribution < 1.29 is 0 Å². The van der Waals surface area contributed by atoms with E-state index in [0.29, 0.717) is 6.54 Å². The average molecular weight is 360 g/mol. The molecule has 1 heterocycles. The molecule has 1 aromatic carbocycles. The van der Waals surface area contributed by atoms with Crippen LogP contribution in [-0.2, 0) is 0 Å². The lowest BCUT2D eigenvalue weighted by atomic mass is 9.98. The van der Waals surface area contributed by atoms with Crippen molar-refractivity contribution in [3.8, 4) is 0 Å². The monoisotopic (exact) mass is 358 g/mol. The van der Waals surface area contributed by atoms with Gasteiger partial charge in [-0.3, -0.25) is 4.90 Å². The van der Waals surface area contributed by atoms with E-state index < -0.39 is 0 Å². The standard InChI is InChI=1S/C16H24BrClN2/c1-2-12-4-3-8-20(9-7-12)16(11-19)14-10-13(18)5-6-15(14)17/h5-6,10,12,16H,2-4,7-9,11,19H2,1H3. The molecule has 20 heavy (non-hydrogen) atoms. The Kier molecular flexibility index (Phi) is 6.34. The number of halogens is 2. The van der Waals surface area contributed by atoms with Crippen molar-refractivity contribution >= 4 is 27.5 Å². The van der Waals surface area contributed by atoms with Crippen LogP contribution in [0.5, 0.6) is 0 Å². The second-order valence-corrected chi connectivity index (χ2v) is 6.95. The molecule has 1 saturated heterocycles. The second kappa shape index (κ2) is 7.79. The van der Waals surface area contributed by atoms with Crippen molar-refractivity contribution in [1.82, 2.24) is 4.90 Å². The van der Waals surface area contributed by atoms with Crippen LogP contribution < -0.4 is 5.73 Å². The summed E-state index contributed by atoms with van der Waals surface area (Å²) in [5.41, 5.74) is 7.28. The third-order valence-electron chi connectivity index (χ3n) is 4.44. The first-order valence-corrected chi connectivity index (χ1v) is 8.71. The van der Waals surface area contributed by atoms with Crippen LogP contribution in [-0.4, -0.2) is 24.5 Å². The summed E-state index contributed by atoms with van der Waals surface area (Å²) in [4.78, 5) is 2.53. The van der Waals surface area contributed by atoms with Crippen LogP contribution in [0.15, 0.2) is 22.7 Å². The van der Waals surface area contributed by atoms with E-state index in [1.807, 2.05) is 18.2 Å². The van der Waals surface area contributed by atoms with Gasteiger partial charge in [-0.25, -0.2) is 0 Å². The molecule has 2 atom stereocenters. The van der Waals surface area contributed by atoms with E-state index in [9.17, 15) is 0 Å². The van der Waals surface area contributed by atoms with E-state index in [1.165, 1.54) is 31.2 Å². The first-order chi connectivity index (χ1) is 9.65. The topological polar surface area (TPSA) is 29.3 Å². The van der Waals surface area contributed by atoms with Crippen molar-refractivity contribution in [2.45, 2.75) is 38.6 Å². The molecule has 112 valence electrons. The Morgan fingerprint density at radius 1 is 1.40 bits per heavy atom. The minimum atomic E-state index is 0.263. The Morgan fingerprint density at radius 3 is 2.90 bits per heavy atom. The highest BCUT2D eigenvalue weighted by molar-refractivity contribution is 9.10. The van der Waals surface area contributed by atoms with Gasteiger partial charge in [0.2, 0.25) is 0 Å². The molecule has 0 radical (unpaired) electrons. The molecule has 0 spiro atoms. The quantitative estimate of drug-likeness (QED) is 0.850. The third-order valence-corrected chi connectivity index (χ3v) is 5.40. The molecule has 1 aliphatic heterocycles. The number of benzene rings is 1. The van der Waals surface area contributed by atoms with Crippen molar-refractivity contribution in [2.75, 3.05) is 19.6 Å². The van der Waals surface area contributed by atoms with Gasteiger partial charge in [-0.1, -0.05) is 40.9 Å². The number of likely N-dealkylation sites (tertiary alicyclic amines) is 1. The summed E-state index contributed by atoms with van der Waals surface area (Å²) in [6, 6.07) is 6.25. The van der Waals surface area contributed by atoms with E-state index in [4.69, 9.17) is 17.3 Å². The lowest BCUT2D eigenvalue weighted by Gasteiger charge is -2.31. The Hall–Kier alpha value is -0.0900. The molecule has 2 unspecified atom stereocenters. The molecule has 2 nitrogen and oxygen atoms in total. The van der Waals surface area contributed by atoms with Gasteiger partial charge in [-0.2, -0.15) is 0 Å². The van der Waals surface area contributed by atoms with Crippen molar-refractivity contribution in [3.63, 3.8) is 0 Å². The molecule has 0 aliphatic carbocycles. The van der Waals surface area contributed by atoms with Gasteiger partial charge in [-0.05, 0) is 62.0 Å². The van der Waals surface area contributed by atoms with Gasteiger partial charge in [0.05, 0.1) is 0 Å². The van der Waals surface area contributed by atoms with E-state index in [-0.39, 0.29) is 6.04 Å². The SMILES string of the molecule is CCC1CCCN(C(CN)c2cc(Cl)ccc2Br)CC1. The van der Waals surface area contributed by atoms with E-state index >= 15 is 0 Å². The van der Waals surface area contributed by atoms with E-state index in [2.05, 4.69) is 27.8 Å². The second-order valence-electron chi connectivity index (χ2n) is 5.66. The largest absolute Gasteiger partial charge is 0.329 e. The molecular formula is C16H24BrClN2. The fourth-order valence-corrected chi connectivity index (χ4v) is 3.84. The van der Waals surface area contributed by atoms with Gasteiger partial charge in [0.1, 0.15) is 0 Å². The van der Waals surface area contributed by atoms with Crippen LogP contribution in [0.1, 0.15) is 44.2 Å². The summed E-state index contributed by atoms with van der Waals surface area (Å²) in [5.74, 6) is 0.876. The molecule has 0 amide bonds. The summed E-state index contributed by atoms with van der Waals surface area (Å²) in [6.07, 6.45) is 5.20. The van der Waals surface area contributed by atoms with Gasteiger partial charge >= 0.3 is 0 Å². The summed E-state index contributed by atoms with van der Waals surface area (Å²) in [7, 11) is 0. The molecule has 2 rings (SSSR count). The maximum absolute atomic E-state index is 6.15. The zero-order valence-corrected chi connectivity index (χ0v) is 14.5. The fraction of sp³-hybridized carbons (Fsp3) is 0.625. The number of nitrogens with two attached hydrogens (primary N) is 1. The molecular weight excluding hydrogens is 336 g/mol. The van der Waals surface area contributed by atoms with Crippen molar-refractivity contribution in [1.29, 1.82) is 0 Å². The highest BCUT2D eigenvalue weighted by atomic mass is 79.9. The first kappa shape index (κ1) is 16.3. The lowest BCUT2D eigenvalue weighted by Crippen LogP contribution is -2.34. The number of hydrogen-bond donors (Lipinski definition) is 1. The highest BCUT2D eigenvalue weighted by Gasteiger charge is 2.24. The number of hydrogen-bond acceptors (Lipinski definition) is 2. The van der Waals surface area contributed by atoms with Gasteiger partial charge in [0.25, 0.3) is 0 Å². The molecule has 2 N–H and O–H groups in total. The van der Waals surface area contributed by atoms with Crippen LogP contribution >= 0.6 is 27.5 Å². The van der Waals surface area contributed by atoms with E-state index in [1.54, 1.807) is 0 Å². The minimum absolute atomic E-state index is 0.263. The van der Waals surface area contributed by atoms with Crippen LogP contribution in [0.2, 0.25) is 5.02 Å².